The first-order chi connectivity index (χ1) is 12.4. The highest BCUT2D eigenvalue weighted by Crippen LogP contribution is 2.18. The van der Waals surface area contributed by atoms with Crippen LogP contribution in [0.25, 0.3) is 5.69 Å². The van der Waals surface area contributed by atoms with Gasteiger partial charge in [0.2, 0.25) is 0 Å². The van der Waals surface area contributed by atoms with E-state index in [0.717, 1.165) is 10.2 Å². The van der Waals surface area contributed by atoms with E-state index in [2.05, 4.69) is 10.4 Å². The van der Waals surface area contributed by atoms with Crippen LogP contribution >= 0.6 is 23.2 Å². The molecule has 1 aromatic heterocycles. The monoisotopic (exact) mass is 391 g/mol. The third-order valence-corrected chi connectivity index (χ3v) is 4.37. The van der Waals surface area contributed by atoms with Gasteiger partial charge in [0.1, 0.15) is 10.8 Å². The van der Waals surface area contributed by atoms with E-state index in [1.807, 2.05) is 0 Å². The normalized spacial score (nSPS) is 10.6. The van der Waals surface area contributed by atoms with Crippen LogP contribution in [0.2, 0.25) is 10.0 Å². The first-order valence-corrected chi connectivity index (χ1v) is 8.23. The number of anilines is 1. The smallest absolute Gasteiger partial charge is 0.291 e. The maximum Gasteiger partial charge on any atom is 0.291 e. The van der Waals surface area contributed by atoms with Gasteiger partial charge in [-0.25, -0.2) is 4.39 Å². The van der Waals surface area contributed by atoms with Crippen molar-refractivity contribution in [3.8, 4) is 5.69 Å². The van der Waals surface area contributed by atoms with Crippen LogP contribution in [0.15, 0.2) is 53.5 Å². The summed E-state index contributed by atoms with van der Waals surface area (Å²) < 4.78 is 14.9. The van der Waals surface area contributed by atoms with Crippen LogP contribution in [0.1, 0.15) is 15.9 Å². The molecule has 0 atom stereocenters. The highest BCUT2D eigenvalue weighted by Gasteiger charge is 2.12. The Morgan fingerprint density at radius 1 is 1.15 bits per heavy atom. The minimum atomic E-state index is -0.571. The van der Waals surface area contributed by atoms with E-state index in [-0.39, 0.29) is 15.7 Å². The van der Waals surface area contributed by atoms with Crippen molar-refractivity contribution >= 4 is 34.8 Å². The quantitative estimate of drug-likeness (QED) is 0.725. The molecule has 0 aliphatic heterocycles. The predicted octanol–water partition coefficient (Wildman–Crippen LogP) is 4.24. The van der Waals surface area contributed by atoms with E-state index in [4.69, 9.17) is 23.2 Å². The molecule has 0 saturated heterocycles. The average Bonchev–Trinajstić information content (AvgIpc) is 2.62. The number of rotatable bonds is 3. The van der Waals surface area contributed by atoms with E-state index in [1.54, 1.807) is 13.0 Å². The molecule has 1 amide bonds. The van der Waals surface area contributed by atoms with Gasteiger partial charge in [-0.05, 0) is 48.9 Å². The molecule has 3 aromatic rings. The van der Waals surface area contributed by atoms with E-state index >= 15 is 0 Å². The number of aryl methyl sites for hydroxylation is 1. The second-order valence-corrected chi connectivity index (χ2v) is 6.29. The first-order valence-electron chi connectivity index (χ1n) is 7.48. The summed E-state index contributed by atoms with van der Waals surface area (Å²) in [6, 6.07) is 10.6. The van der Waals surface area contributed by atoms with E-state index in [1.165, 1.54) is 42.6 Å². The molecule has 0 saturated carbocycles. The standard InChI is InChI=1S/C18H12Cl2FN3O2/c1-10-2-7-15(14(21)8-10)23-17(25)11-3-5-12(6-4-11)24-18(26)16(20)13(19)9-22-24/h2-9H,1H3,(H,23,25). The van der Waals surface area contributed by atoms with Gasteiger partial charge < -0.3 is 5.32 Å². The van der Waals surface area contributed by atoms with Crippen molar-refractivity contribution in [1.82, 2.24) is 9.78 Å². The van der Waals surface area contributed by atoms with Crippen molar-refractivity contribution in [2.45, 2.75) is 6.92 Å². The Morgan fingerprint density at radius 2 is 1.85 bits per heavy atom. The van der Waals surface area contributed by atoms with E-state index < -0.39 is 17.3 Å². The molecule has 132 valence electrons. The van der Waals surface area contributed by atoms with Crippen LogP contribution in [0.4, 0.5) is 10.1 Å². The summed E-state index contributed by atoms with van der Waals surface area (Å²) in [6.07, 6.45) is 1.26. The van der Waals surface area contributed by atoms with Crippen molar-refractivity contribution in [2.75, 3.05) is 5.32 Å². The number of nitrogens with one attached hydrogen (secondary N) is 1. The molecular formula is C18H12Cl2FN3O2. The molecule has 0 aliphatic rings. The van der Waals surface area contributed by atoms with Gasteiger partial charge in [0.15, 0.2) is 0 Å². The maximum atomic E-state index is 13.8. The minimum Gasteiger partial charge on any atom is -0.319 e. The highest BCUT2D eigenvalue weighted by atomic mass is 35.5. The molecule has 0 aliphatic carbocycles. The SMILES string of the molecule is Cc1ccc(NC(=O)c2ccc(-n3ncc(Cl)c(Cl)c3=O)cc2)c(F)c1. The Labute approximate surface area is 158 Å². The highest BCUT2D eigenvalue weighted by molar-refractivity contribution is 6.41. The van der Waals surface area contributed by atoms with Gasteiger partial charge >= 0.3 is 0 Å². The lowest BCUT2D eigenvalue weighted by atomic mass is 10.1. The number of halogens is 3. The molecule has 0 bridgehead atoms. The Morgan fingerprint density at radius 3 is 2.50 bits per heavy atom. The summed E-state index contributed by atoms with van der Waals surface area (Å²) in [7, 11) is 0. The molecule has 1 heterocycles. The summed E-state index contributed by atoms with van der Waals surface area (Å²) in [5.74, 6) is -0.990. The molecule has 0 spiro atoms. The molecule has 0 fully saturated rings. The number of amides is 1. The van der Waals surface area contributed by atoms with Gasteiger partial charge in [0.25, 0.3) is 11.5 Å². The van der Waals surface area contributed by atoms with Gasteiger partial charge in [-0.1, -0.05) is 29.3 Å². The molecular weight excluding hydrogens is 380 g/mol. The number of carbonyl (C=O) groups excluding carboxylic acids is 1. The van der Waals surface area contributed by atoms with Crippen molar-refractivity contribution in [2.24, 2.45) is 0 Å². The number of hydrogen-bond donors (Lipinski definition) is 1. The molecule has 5 nitrogen and oxygen atoms in total. The molecule has 3 rings (SSSR count). The third kappa shape index (κ3) is 3.61. The number of carbonyl (C=O) groups is 1. The second kappa shape index (κ2) is 7.27. The summed E-state index contributed by atoms with van der Waals surface area (Å²) in [4.78, 5) is 24.3. The van der Waals surface area contributed by atoms with Crippen LogP contribution in [0.5, 0.6) is 0 Å². The van der Waals surface area contributed by atoms with Crippen LogP contribution in [0.3, 0.4) is 0 Å². The van der Waals surface area contributed by atoms with Gasteiger partial charge in [0, 0.05) is 5.56 Å². The van der Waals surface area contributed by atoms with Gasteiger partial charge in [-0.2, -0.15) is 9.78 Å². The van der Waals surface area contributed by atoms with Crippen molar-refractivity contribution in [3.05, 3.63) is 86.0 Å². The molecule has 0 unspecified atom stereocenters. The fraction of sp³-hybridized carbons (Fsp3) is 0.0556. The zero-order valence-corrected chi connectivity index (χ0v) is 15.0. The largest absolute Gasteiger partial charge is 0.319 e. The average molecular weight is 392 g/mol. The number of hydrogen-bond acceptors (Lipinski definition) is 3. The van der Waals surface area contributed by atoms with Gasteiger partial charge in [-0.3, -0.25) is 9.59 Å². The third-order valence-electron chi connectivity index (χ3n) is 3.62. The van der Waals surface area contributed by atoms with E-state index in [0.29, 0.717) is 11.3 Å². The Bertz CT molecular complexity index is 1050. The van der Waals surface area contributed by atoms with Crippen molar-refractivity contribution in [1.29, 1.82) is 0 Å². The second-order valence-electron chi connectivity index (χ2n) is 5.51. The number of benzene rings is 2. The summed E-state index contributed by atoms with van der Waals surface area (Å²) >= 11 is 11.6. The van der Waals surface area contributed by atoms with Gasteiger partial charge in [0.05, 0.1) is 22.6 Å². The van der Waals surface area contributed by atoms with Crippen LogP contribution < -0.4 is 10.9 Å². The lowest BCUT2D eigenvalue weighted by Gasteiger charge is -2.09. The molecule has 0 radical (unpaired) electrons. The fourth-order valence-electron chi connectivity index (χ4n) is 2.27. The topological polar surface area (TPSA) is 64.0 Å². The van der Waals surface area contributed by atoms with Crippen molar-refractivity contribution in [3.63, 3.8) is 0 Å². The maximum absolute atomic E-state index is 13.8. The van der Waals surface area contributed by atoms with E-state index in [9.17, 15) is 14.0 Å². The first kappa shape index (κ1) is 18.1. The lowest BCUT2D eigenvalue weighted by molar-refractivity contribution is 0.102. The molecule has 8 heteroatoms. The Balaban J connectivity index is 1.84. The van der Waals surface area contributed by atoms with Crippen LogP contribution in [0, 0.1) is 12.7 Å². The Kier molecular flexibility index (Phi) is 5.06. The fourth-order valence-corrected chi connectivity index (χ4v) is 2.52. The van der Waals surface area contributed by atoms with Gasteiger partial charge in [-0.15, -0.1) is 0 Å². The lowest BCUT2D eigenvalue weighted by Crippen LogP contribution is -2.21. The summed E-state index contributed by atoms with van der Waals surface area (Å²) in [6.45, 7) is 1.76. The predicted molar refractivity (Wildman–Crippen MR) is 98.9 cm³/mol. The zero-order valence-electron chi connectivity index (χ0n) is 13.5. The zero-order chi connectivity index (χ0) is 18.8. The summed E-state index contributed by atoms with van der Waals surface area (Å²) in [5.41, 5.74) is 0.975. The summed E-state index contributed by atoms with van der Waals surface area (Å²) in [5, 5.41) is 6.33. The Hall–Kier alpha value is -2.70. The minimum absolute atomic E-state index is 0.0593. The molecule has 1 N–H and O–H groups in total. The number of nitrogens with zero attached hydrogens (tertiary/aromatic N) is 2. The molecule has 2 aromatic carbocycles. The number of aromatic nitrogens is 2. The van der Waals surface area contributed by atoms with Crippen molar-refractivity contribution < 1.29 is 9.18 Å². The molecule has 26 heavy (non-hydrogen) atoms. The van der Waals surface area contributed by atoms with Crippen LogP contribution in [-0.4, -0.2) is 15.7 Å². The van der Waals surface area contributed by atoms with Crippen LogP contribution in [-0.2, 0) is 0 Å².